The SMILES string of the molecule is CC(=O)CC1ON=C(c2ccc(O)cc2)C1c1ccccc1. The van der Waals surface area contributed by atoms with Crippen LogP contribution in [0.4, 0.5) is 0 Å². The van der Waals surface area contributed by atoms with Crippen LogP contribution in [0.2, 0.25) is 0 Å². The molecule has 0 fully saturated rings. The number of phenols is 1. The van der Waals surface area contributed by atoms with E-state index >= 15 is 0 Å². The number of Topliss-reactive ketones (excluding diaryl/α,β-unsaturated/α-hetero) is 1. The molecule has 0 radical (unpaired) electrons. The molecule has 0 aliphatic carbocycles. The van der Waals surface area contributed by atoms with Crippen LogP contribution >= 0.6 is 0 Å². The first kappa shape index (κ1) is 14.3. The van der Waals surface area contributed by atoms with Gasteiger partial charge < -0.3 is 9.94 Å². The Morgan fingerprint density at radius 2 is 1.82 bits per heavy atom. The summed E-state index contributed by atoms with van der Waals surface area (Å²) in [7, 11) is 0. The van der Waals surface area contributed by atoms with Crippen LogP contribution in [0.5, 0.6) is 5.75 Å². The van der Waals surface area contributed by atoms with Gasteiger partial charge in [0.1, 0.15) is 17.6 Å². The number of ketones is 1. The molecule has 0 saturated carbocycles. The molecule has 4 heteroatoms. The van der Waals surface area contributed by atoms with E-state index in [1.165, 1.54) is 0 Å². The lowest BCUT2D eigenvalue weighted by Crippen LogP contribution is -2.24. The maximum absolute atomic E-state index is 11.5. The van der Waals surface area contributed by atoms with Gasteiger partial charge in [0.15, 0.2) is 0 Å². The molecule has 3 rings (SSSR count). The van der Waals surface area contributed by atoms with Crippen LogP contribution in [0, 0.1) is 0 Å². The van der Waals surface area contributed by atoms with Gasteiger partial charge in [-0.15, -0.1) is 0 Å². The molecule has 2 aromatic rings. The first-order valence-corrected chi connectivity index (χ1v) is 7.22. The second kappa shape index (κ2) is 6.02. The Kier molecular flexibility index (Phi) is 3.92. The van der Waals surface area contributed by atoms with E-state index in [0.717, 1.165) is 16.8 Å². The van der Waals surface area contributed by atoms with Crippen molar-refractivity contribution in [3.8, 4) is 5.75 Å². The third-order valence-corrected chi connectivity index (χ3v) is 3.76. The molecule has 1 aliphatic heterocycles. The van der Waals surface area contributed by atoms with Crippen molar-refractivity contribution in [3.63, 3.8) is 0 Å². The molecule has 0 aromatic heterocycles. The van der Waals surface area contributed by atoms with Gasteiger partial charge in [0.25, 0.3) is 0 Å². The van der Waals surface area contributed by atoms with Gasteiger partial charge in [0, 0.05) is 12.0 Å². The standard InChI is InChI=1S/C18H17NO3/c1-12(20)11-16-17(13-5-3-2-4-6-13)18(19-22-16)14-7-9-15(21)10-8-14/h2-10,16-17,21H,11H2,1H3. The number of nitrogens with zero attached hydrogens (tertiary/aromatic N) is 1. The van der Waals surface area contributed by atoms with Gasteiger partial charge in [-0.25, -0.2) is 0 Å². The van der Waals surface area contributed by atoms with E-state index < -0.39 is 0 Å². The second-order valence-electron chi connectivity index (χ2n) is 5.46. The normalized spacial score (nSPS) is 20.3. The number of carbonyl (C=O) groups excluding carboxylic acids is 1. The molecule has 0 spiro atoms. The van der Waals surface area contributed by atoms with Gasteiger partial charge in [-0.2, -0.15) is 0 Å². The number of hydrogen-bond acceptors (Lipinski definition) is 4. The summed E-state index contributed by atoms with van der Waals surface area (Å²) in [5.74, 6) is 0.197. The van der Waals surface area contributed by atoms with Gasteiger partial charge in [-0.3, -0.25) is 4.79 Å². The Morgan fingerprint density at radius 1 is 1.14 bits per heavy atom. The van der Waals surface area contributed by atoms with Crippen molar-refractivity contribution in [3.05, 3.63) is 65.7 Å². The number of hydrogen-bond donors (Lipinski definition) is 1. The van der Waals surface area contributed by atoms with E-state index in [1.807, 2.05) is 42.5 Å². The van der Waals surface area contributed by atoms with Crippen molar-refractivity contribution in [1.29, 1.82) is 0 Å². The minimum absolute atomic E-state index is 0.0769. The van der Waals surface area contributed by atoms with E-state index in [9.17, 15) is 9.90 Å². The topological polar surface area (TPSA) is 58.9 Å². The molecule has 1 heterocycles. The molecule has 4 nitrogen and oxygen atoms in total. The van der Waals surface area contributed by atoms with Gasteiger partial charge in [-0.1, -0.05) is 35.5 Å². The summed E-state index contributed by atoms with van der Waals surface area (Å²) in [5, 5.41) is 13.6. The van der Waals surface area contributed by atoms with Crippen LogP contribution in [0.25, 0.3) is 0 Å². The monoisotopic (exact) mass is 295 g/mol. The van der Waals surface area contributed by atoms with Crippen molar-refractivity contribution in [2.45, 2.75) is 25.4 Å². The molecule has 1 N–H and O–H groups in total. The van der Waals surface area contributed by atoms with Crippen molar-refractivity contribution in [1.82, 2.24) is 0 Å². The smallest absolute Gasteiger partial charge is 0.146 e. The largest absolute Gasteiger partial charge is 0.508 e. The van der Waals surface area contributed by atoms with Gasteiger partial charge >= 0.3 is 0 Å². The predicted octanol–water partition coefficient (Wildman–Crippen LogP) is 3.26. The Bertz CT molecular complexity index is 692. The summed E-state index contributed by atoms with van der Waals surface area (Å²) >= 11 is 0. The summed E-state index contributed by atoms with van der Waals surface area (Å²) in [4.78, 5) is 17.0. The van der Waals surface area contributed by atoms with Gasteiger partial charge in [-0.05, 0) is 36.8 Å². The van der Waals surface area contributed by atoms with E-state index in [0.29, 0.717) is 6.42 Å². The fourth-order valence-electron chi connectivity index (χ4n) is 2.75. The molecule has 0 saturated heterocycles. The van der Waals surface area contributed by atoms with Gasteiger partial charge in [0.2, 0.25) is 0 Å². The lowest BCUT2D eigenvalue weighted by molar-refractivity contribution is -0.119. The molecular formula is C18H17NO3. The van der Waals surface area contributed by atoms with E-state index in [-0.39, 0.29) is 23.6 Å². The summed E-state index contributed by atoms with van der Waals surface area (Å²) in [6.45, 7) is 1.56. The third-order valence-electron chi connectivity index (χ3n) is 3.76. The van der Waals surface area contributed by atoms with E-state index in [4.69, 9.17) is 4.84 Å². The van der Waals surface area contributed by atoms with E-state index in [2.05, 4.69) is 5.16 Å². The molecule has 0 amide bonds. The summed E-state index contributed by atoms with van der Waals surface area (Å²) < 4.78 is 0. The molecule has 22 heavy (non-hydrogen) atoms. The highest BCUT2D eigenvalue weighted by molar-refractivity contribution is 6.06. The third kappa shape index (κ3) is 2.86. The number of aromatic hydroxyl groups is 1. The van der Waals surface area contributed by atoms with Crippen molar-refractivity contribution in [2.75, 3.05) is 0 Å². The lowest BCUT2D eigenvalue weighted by atomic mass is 9.84. The van der Waals surface area contributed by atoms with Crippen molar-refractivity contribution < 1.29 is 14.7 Å². The number of benzene rings is 2. The van der Waals surface area contributed by atoms with Crippen LogP contribution in [0.15, 0.2) is 59.8 Å². The maximum Gasteiger partial charge on any atom is 0.146 e. The zero-order valence-corrected chi connectivity index (χ0v) is 12.3. The number of rotatable bonds is 4. The van der Waals surface area contributed by atoms with Crippen LogP contribution in [-0.2, 0) is 9.63 Å². The average Bonchev–Trinajstić information content (AvgIpc) is 2.91. The fourth-order valence-corrected chi connectivity index (χ4v) is 2.75. The molecule has 2 atom stereocenters. The molecular weight excluding hydrogens is 278 g/mol. The van der Waals surface area contributed by atoms with Crippen LogP contribution in [0.3, 0.4) is 0 Å². The highest BCUT2D eigenvalue weighted by Crippen LogP contribution is 2.34. The average molecular weight is 295 g/mol. The lowest BCUT2D eigenvalue weighted by Gasteiger charge is -2.18. The molecule has 112 valence electrons. The highest BCUT2D eigenvalue weighted by atomic mass is 16.6. The zero-order chi connectivity index (χ0) is 15.5. The van der Waals surface area contributed by atoms with Gasteiger partial charge in [0.05, 0.1) is 11.6 Å². The first-order valence-electron chi connectivity index (χ1n) is 7.22. The van der Waals surface area contributed by atoms with Crippen LogP contribution < -0.4 is 0 Å². The molecule has 0 bridgehead atoms. The predicted molar refractivity (Wildman–Crippen MR) is 84.0 cm³/mol. The number of oxime groups is 1. The Labute approximate surface area is 129 Å². The Hall–Kier alpha value is -2.62. The first-order chi connectivity index (χ1) is 10.6. The number of phenolic OH excluding ortho intramolecular Hbond substituents is 1. The quantitative estimate of drug-likeness (QED) is 0.942. The summed E-state index contributed by atoms with van der Waals surface area (Å²) in [6, 6.07) is 16.8. The second-order valence-corrected chi connectivity index (χ2v) is 5.46. The Balaban J connectivity index is 1.98. The fraction of sp³-hybridized carbons (Fsp3) is 0.222. The summed E-state index contributed by atoms with van der Waals surface area (Å²) in [6.07, 6.45) is 0.0358. The minimum atomic E-state index is -0.288. The summed E-state index contributed by atoms with van der Waals surface area (Å²) in [5.41, 5.74) is 2.74. The highest BCUT2D eigenvalue weighted by Gasteiger charge is 2.36. The van der Waals surface area contributed by atoms with Crippen LogP contribution in [-0.4, -0.2) is 22.7 Å². The molecule has 2 aromatic carbocycles. The molecule has 2 unspecified atom stereocenters. The number of carbonyl (C=O) groups is 1. The van der Waals surface area contributed by atoms with Crippen molar-refractivity contribution >= 4 is 11.5 Å². The van der Waals surface area contributed by atoms with Crippen molar-refractivity contribution in [2.24, 2.45) is 5.16 Å². The molecule has 1 aliphatic rings. The maximum atomic E-state index is 11.5. The zero-order valence-electron chi connectivity index (χ0n) is 12.3. The van der Waals surface area contributed by atoms with E-state index in [1.54, 1.807) is 19.1 Å². The van der Waals surface area contributed by atoms with Crippen LogP contribution in [0.1, 0.15) is 30.4 Å². The minimum Gasteiger partial charge on any atom is -0.508 e. The Morgan fingerprint density at radius 3 is 2.45 bits per heavy atom.